The average Bonchev–Trinajstić information content (AvgIpc) is 2.88. The van der Waals surface area contributed by atoms with Gasteiger partial charge in [0.1, 0.15) is 5.75 Å². The summed E-state index contributed by atoms with van der Waals surface area (Å²) in [4.78, 5) is 0.0194. The summed E-state index contributed by atoms with van der Waals surface area (Å²) in [6, 6.07) is 21.0. The van der Waals surface area contributed by atoms with Crippen LogP contribution in [0.1, 0.15) is 17.2 Å². The molecule has 1 saturated heterocycles. The minimum atomic E-state index is -3.97. The molecule has 8 nitrogen and oxygen atoms in total. The molecular formula is C24H26N2O6S2. The molecule has 1 N–H and O–H groups in total. The average molecular weight is 503 g/mol. The quantitative estimate of drug-likeness (QED) is 0.508. The molecule has 3 aromatic rings. The fourth-order valence-corrected chi connectivity index (χ4v) is 6.34. The van der Waals surface area contributed by atoms with E-state index in [1.165, 1.54) is 28.6 Å². The molecule has 0 unspecified atom stereocenters. The van der Waals surface area contributed by atoms with E-state index in [-0.39, 0.29) is 22.9 Å². The first-order valence-electron chi connectivity index (χ1n) is 10.7. The number of benzene rings is 3. The Labute approximate surface area is 200 Å². The van der Waals surface area contributed by atoms with Crippen molar-refractivity contribution in [1.29, 1.82) is 0 Å². The highest BCUT2D eigenvalue weighted by atomic mass is 32.2. The summed E-state index contributed by atoms with van der Waals surface area (Å²) < 4.78 is 66.7. The van der Waals surface area contributed by atoms with Crippen LogP contribution in [0.25, 0.3) is 0 Å². The lowest BCUT2D eigenvalue weighted by molar-refractivity contribution is 0.0730. The highest BCUT2D eigenvalue weighted by Crippen LogP contribution is 2.27. The Bertz CT molecular complexity index is 1300. The van der Waals surface area contributed by atoms with E-state index in [0.29, 0.717) is 19.0 Å². The van der Waals surface area contributed by atoms with Gasteiger partial charge in [0.15, 0.2) is 0 Å². The second-order valence-corrected chi connectivity index (χ2v) is 11.4. The molecule has 0 bridgehead atoms. The predicted octanol–water partition coefficient (Wildman–Crippen LogP) is 2.78. The van der Waals surface area contributed by atoms with Crippen LogP contribution in [0.2, 0.25) is 0 Å². The molecule has 0 aliphatic carbocycles. The molecule has 0 saturated carbocycles. The SMILES string of the molecule is COc1ccc([C@H](NS(=O)(=O)c2ccc(S(=O)(=O)N3CCOCC3)cc2)c2ccccc2)cc1. The van der Waals surface area contributed by atoms with E-state index in [4.69, 9.17) is 9.47 Å². The number of methoxy groups -OCH3 is 1. The molecule has 180 valence electrons. The lowest BCUT2D eigenvalue weighted by Crippen LogP contribution is -2.40. The largest absolute Gasteiger partial charge is 0.497 e. The minimum Gasteiger partial charge on any atom is -0.497 e. The predicted molar refractivity (Wildman–Crippen MR) is 128 cm³/mol. The van der Waals surface area contributed by atoms with Gasteiger partial charge in [0.05, 0.1) is 36.2 Å². The van der Waals surface area contributed by atoms with Crippen molar-refractivity contribution in [3.8, 4) is 5.75 Å². The van der Waals surface area contributed by atoms with Gasteiger partial charge in [-0.1, -0.05) is 42.5 Å². The zero-order chi connectivity index (χ0) is 24.2. The summed E-state index contributed by atoms with van der Waals surface area (Å²) in [5.41, 5.74) is 1.50. The number of rotatable bonds is 8. The molecule has 1 heterocycles. The van der Waals surface area contributed by atoms with Gasteiger partial charge in [0.2, 0.25) is 20.0 Å². The lowest BCUT2D eigenvalue weighted by atomic mass is 10.00. The molecule has 34 heavy (non-hydrogen) atoms. The Hall–Kier alpha value is -2.76. The molecule has 1 atom stereocenters. The van der Waals surface area contributed by atoms with Gasteiger partial charge in [-0.05, 0) is 47.5 Å². The maximum Gasteiger partial charge on any atom is 0.243 e. The molecule has 0 aromatic heterocycles. The fourth-order valence-electron chi connectivity index (χ4n) is 3.72. The summed E-state index contributed by atoms with van der Waals surface area (Å²) in [6.45, 7) is 1.21. The van der Waals surface area contributed by atoms with Crippen LogP contribution in [0.3, 0.4) is 0 Å². The summed E-state index contributed by atoms with van der Waals surface area (Å²) >= 11 is 0. The summed E-state index contributed by atoms with van der Waals surface area (Å²) in [7, 11) is -6.12. The second kappa shape index (κ2) is 10.2. The van der Waals surface area contributed by atoms with Crippen molar-refractivity contribution in [3.63, 3.8) is 0 Å². The number of nitrogens with zero attached hydrogens (tertiary/aromatic N) is 1. The van der Waals surface area contributed by atoms with Crippen molar-refractivity contribution < 1.29 is 26.3 Å². The van der Waals surface area contributed by atoms with E-state index in [2.05, 4.69) is 4.72 Å². The van der Waals surface area contributed by atoms with Gasteiger partial charge in [-0.25, -0.2) is 16.8 Å². The van der Waals surface area contributed by atoms with E-state index in [1.54, 1.807) is 31.4 Å². The molecule has 4 rings (SSSR count). The van der Waals surface area contributed by atoms with Crippen molar-refractivity contribution in [1.82, 2.24) is 9.03 Å². The van der Waals surface area contributed by atoms with Gasteiger partial charge < -0.3 is 9.47 Å². The third-order valence-electron chi connectivity index (χ3n) is 5.60. The van der Waals surface area contributed by atoms with Crippen LogP contribution in [0, 0.1) is 0 Å². The van der Waals surface area contributed by atoms with Crippen LogP contribution < -0.4 is 9.46 Å². The Morgan fingerprint density at radius 2 is 1.35 bits per heavy atom. The summed E-state index contributed by atoms with van der Waals surface area (Å²) in [5, 5.41) is 0. The first-order valence-corrected chi connectivity index (χ1v) is 13.6. The Balaban J connectivity index is 1.61. The first kappa shape index (κ1) is 24.4. The Kier molecular flexibility index (Phi) is 7.34. The highest BCUT2D eigenvalue weighted by molar-refractivity contribution is 7.89. The van der Waals surface area contributed by atoms with Crippen LogP contribution in [0.4, 0.5) is 0 Å². The smallest absolute Gasteiger partial charge is 0.243 e. The number of ether oxygens (including phenoxy) is 2. The van der Waals surface area contributed by atoms with Crippen molar-refractivity contribution in [2.75, 3.05) is 33.4 Å². The maximum atomic E-state index is 13.3. The number of nitrogens with one attached hydrogen (secondary N) is 1. The molecule has 0 radical (unpaired) electrons. The Morgan fingerprint density at radius 3 is 1.94 bits per heavy atom. The van der Waals surface area contributed by atoms with E-state index >= 15 is 0 Å². The van der Waals surface area contributed by atoms with Gasteiger partial charge in [0, 0.05) is 13.1 Å². The molecule has 10 heteroatoms. The van der Waals surface area contributed by atoms with Crippen molar-refractivity contribution in [2.45, 2.75) is 15.8 Å². The Morgan fingerprint density at radius 1 is 0.794 bits per heavy atom. The minimum absolute atomic E-state index is 0.0251. The zero-order valence-electron chi connectivity index (χ0n) is 18.6. The van der Waals surface area contributed by atoms with Crippen molar-refractivity contribution in [2.24, 2.45) is 0 Å². The van der Waals surface area contributed by atoms with Crippen LogP contribution in [0.5, 0.6) is 5.75 Å². The first-order chi connectivity index (χ1) is 16.3. The van der Waals surface area contributed by atoms with Crippen LogP contribution >= 0.6 is 0 Å². The van der Waals surface area contributed by atoms with Gasteiger partial charge in [-0.3, -0.25) is 0 Å². The van der Waals surface area contributed by atoms with Crippen molar-refractivity contribution in [3.05, 3.63) is 90.0 Å². The highest BCUT2D eigenvalue weighted by Gasteiger charge is 2.28. The van der Waals surface area contributed by atoms with Crippen LogP contribution in [-0.2, 0) is 24.8 Å². The number of morpholine rings is 1. The topological polar surface area (TPSA) is 102 Å². The van der Waals surface area contributed by atoms with Crippen LogP contribution in [0.15, 0.2) is 88.7 Å². The molecule has 0 spiro atoms. The van der Waals surface area contributed by atoms with Gasteiger partial charge in [-0.2, -0.15) is 9.03 Å². The zero-order valence-corrected chi connectivity index (χ0v) is 20.3. The second-order valence-electron chi connectivity index (χ2n) is 7.73. The lowest BCUT2D eigenvalue weighted by Gasteiger charge is -2.26. The number of sulfonamides is 2. The standard InChI is InChI=1S/C24H26N2O6S2/c1-31-21-9-7-20(8-10-21)24(19-5-3-2-4-6-19)25-33(27,28)22-11-13-23(14-12-22)34(29,30)26-15-17-32-18-16-26/h2-14,24-25H,15-18H2,1H3/t24-/m1/s1. The van der Waals surface area contributed by atoms with E-state index in [9.17, 15) is 16.8 Å². The monoisotopic (exact) mass is 502 g/mol. The van der Waals surface area contributed by atoms with Crippen molar-refractivity contribution >= 4 is 20.0 Å². The molecule has 1 aliphatic rings. The van der Waals surface area contributed by atoms with Crippen LogP contribution in [-0.4, -0.2) is 54.6 Å². The normalized spacial score (nSPS) is 16.1. The molecule has 3 aromatic carbocycles. The third-order valence-corrected chi connectivity index (χ3v) is 8.95. The van der Waals surface area contributed by atoms with Gasteiger partial charge in [-0.15, -0.1) is 0 Å². The fraction of sp³-hybridized carbons (Fsp3) is 0.250. The molecule has 1 aliphatic heterocycles. The molecule has 0 amide bonds. The summed E-state index contributed by atoms with van der Waals surface area (Å²) in [6.07, 6.45) is 0. The van der Waals surface area contributed by atoms with Gasteiger partial charge >= 0.3 is 0 Å². The van der Waals surface area contributed by atoms with E-state index in [0.717, 1.165) is 11.1 Å². The summed E-state index contributed by atoms with van der Waals surface area (Å²) in [5.74, 6) is 0.662. The number of hydrogen-bond donors (Lipinski definition) is 1. The van der Waals surface area contributed by atoms with Gasteiger partial charge in [0.25, 0.3) is 0 Å². The molecular weight excluding hydrogens is 476 g/mol. The third kappa shape index (κ3) is 5.31. The maximum absolute atomic E-state index is 13.3. The molecule has 1 fully saturated rings. The van der Waals surface area contributed by atoms with E-state index < -0.39 is 26.1 Å². The number of hydrogen-bond acceptors (Lipinski definition) is 6. The van der Waals surface area contributed by atoms with E-state index in [1.807, 2.05) is 30.3 Å².